The minimum Gasteiger partial charge on any atom is -0.486 e. The number of carbonyl (C=O) groups excluding carboxylic acids is 3. The van der Waals surface area contributed by atoms with Crippen LogP contribution in [0.3, 0.4) is 0 Å². The first-order valence-electron chi connectivity index (χ1n) is 11.0. The van der Waals surface area contributed by atoms with Crippen molar-refractivity contribution in [1.29, 1.82) is 0 Å². The lowest BCUT2D eigenvalue weighted by Gasteiger charge is -2.25. The van der Waals surface area contributed by atoms with E-state index in [4.69, 9.17) is 9.47 Å². The third-order valence-electron chi connectivity index (χ3n) is 6.31. The number of ketones is 1. The van der Waals surface area contributed by atoms with E-state index in [0.717, 1.165) is 10.6 Å². The first kappa shape index (κ1) is 21.7. The van der Waals surface area contributed by atoms with Crippen LogP contribution in [0.25, 0.3) is 5.82 Å². The molecule has 0 radical (unpaired) electrons. The third kappa shape index (κ3) is 3.40. The molecule has 1 atom stereocenters. The number of imide groups is 1. The van der Waals surface area contributed by atoms with E-state index in [1.807, 2.05) is 36.6 Å². The molecule has 3 aromatic rings. The zero-order chi connectivity index (χ0) is 24.0. The topological polar surface area (TPSA) is 103 Å². The maximum absolute atomic E-state index is 13.4. The van der Waals surface area contributed by atoms with Crippen LogP contribution in [-0.4, -0.2) is 51.9 Å². The predicted molar refractivity (Wildman–Crippen MR) is 122 cm³/mol. The summed E-state index contributed by atoms with van der Waals surface area (Å²) in [6.45, 7) is 5.82. The Balaban J connectivity index is 1.40. The molecule has 9 heteroatoms. The molecule has 174 valence electrons. The molecular weight excluding hydrogens is 436 g/mol. The van der Waals surface area contributed by atoms with Crippen LogP contribution in [0.2, 0.25) is 0 Å². The molecule has 4 heterocycles. The highest BCUT2D eigenvalue weighted by molar-refractivity contribution is 6.11. The molecule has 0 spiro atoms. The van der Waals surface area contributed by atoms with E-state index in [0.29, 0.717) is 47.4 Å². The third-order valence-corrected chi connectivity index (χ3v) is 6.31. The maximum Gasteiger partial charge on any atom is 0.325 e. The maximum atomic E-state index is 13.4. The molecule has 2 aliphatic heterocycles. The summed E-state index contributed by atoms with van der Waals surface area (Å²) in [6, 6.07) is 11.8. The van der Waals surface area contributed by atoms with Gasteiger partial charge in [-0.3, -0.25) is 14.5 Å². The van der Waals surface area contributed by atoms with E-state index < -0.39 is 17.5 Å². The van der Waals surface area contributed by atoms with Gasteiger partial charge in [0.2, 0.25) is 0 Å². The Labute approximate surface area is 196 Å². The van der Waals surface area contributed by atoms with Gasteiger partial charge in [-0.05, 0) is 56.7 Å². The highest BCUT2D eigenvalue weighted by Crippen LogP contribution is 2.37. The summed E-state index contributed by atoms with van der Waals surface area (Å²) in [4.78, 5) is 44.7. The molecule has 3 amide bonds. The number of hydrogen-bond acceptors (Lipinski definition) is 6. The van der Waals surface area contributed by atoms with E-state index in [1.165, 1.54) is 0 Å². The molecule has 0 unspecified atom stereocenters. The van der Waals surface area contributed by atoms with E-state index in [9.17, 15) is 14.4 Å². The number of ether oxygens (including phenoxy) is 2. The summed E-state index contributed by atoms with van der Waals surface area (Å²) in [5, 5.41) is 2.74. The fourth-order valence-electron chi connectivity index (χ4n) is 4.50. The van der Waals surface area contributed by atoms with Crippen molar-refractivity contribution < 1.29 is 23.9 Å². The number of nitrogens with zero attached hydrogens (tertiary/aromatic N) is 3. The number of urea groups is 1. The number of carbonyl (C=O) groups is 3. The lowest BCUT2D eigenvalue weighted by Crippen LogP contribution is -2.41. The number of Topliss-reactive ketones (excluding diaryl/α,β-unsaturated/α-hetero) is 1. The highest BCUT2D eigenvalue weighted by atomic mass is 16.6. The van der Waals surface area contributed by atoms with Gasteiger partial charge in [-0.2, -0.15) is 0 Å². The monoisotopic (exact) mass is 460 g/mol. The zero-order valence-corrected chi connectivity index (χ0v) is 19.1. The van der Waals surface area contributed by atoms with Crippen LogP contribution < -0.4 is 14.8 Å². The second-order valence-corrected chi connectivity index (χ2v) is 8.54. The standard InChI is InChI=1S/C25H24N4O5/c1-15-12-18(16(2)29(15)22-6-4-5-9-26-22)19(30)14-28-23(31)25(3,27-24(28)32)17-7-8-20-21(13-17)34-11-10-33-20/h4-9,12-13H,10-11,14H2,1-3H3,(H,27,32)/t25-/m0/s1. The molecule has 34 heavy (non-hydrogen) atoms. The van der Waals surface area contributed by atoms with Crippen molar-refractivity contribution in [2.45, 2.75) is 26.3 Å². The largest absolute Gasteiger partial charge is 0.486 e. The number of aromatic nitrogens is 2. The summed E-state index contributed by atoms with van der Waals surface area (Å²) in [6.07, 6.45) is 1.68. The van der Waals surface area contributed by atoms with Crippen molar-refractivity contribution in [2.75, 3.05) is 19.8 Å². The summed E-state index contributed by atoms with van der Waals surface area (Å²) >= 11 is 0. The van der Waals surface area contributed by atoms with E-state index in [1.54, 1.807) is 37.4 Å². The van der Waals surface area contributed by atoms with Gasteiger partial charge >= 0.3 is 6.03 Å². The van der Waals surface area contributed by atoms with Crippen LogP contribution in [0.5, 0.6) is 11.5 Å². The van der Waals surface area contributed by atoms with Crippen LogP contribution in [0.4, 0.5) is 4.79 Å². The Bertz CT molecular complexity index is 1320. The van der Waals surface area contributed by atoms with E-state index >= 15 is 0 Å². The van der Waals surface area contributed by atoms with Gasteiger partial charge in [0.1, 0.15) is 24.6 Å². The zero-order valence-electron chi connectivity index (χ0n) is 19.1. The number of fused-ring (bicyclic) bond motifs is 1. The molecule has 9 nitrogen and oxygen atoms in total. The van der Waals surface area contributed by atoms with Gasteiger partial charge in [-0.1, -0.05) is 12.1 Å². The van der Waals surface area contributed by atoms with Gasteiger partial charge in [-0.15, -0.1) is 0 Å². The van der Waals surface area contributed by atoms with Gasteiger partial charge in [0, 0.05) is 23.1 Å². The molecule has 1 N–H and O–H groups in total. The van der Waals surface area contributed by atoms with Crippen molar-refractivity contribution in [3.8, 4) is 17.3 Å². The van der Waals surface area contributed by atoms with Gasteiger partial charge in [0.25, 0.3) is 5.91 Å². The first-order chi connectivity index (χ1) is 16.3. The Morgan fingerprint density at radius 2 is 1.85 bits per heavy atom. The molecular formula is C25H24N4O5. The average molecular weight is 460 g/mol. The number of aryl methyl sites for hydroxylation is 1. The molecule has 2 aliphatic rings. The second-order valence-electron chi connectivity index (χ2n) is 8.54. The lowest BCUT2D eigenvalue weighted by atomic mass is 9.91. The van der Waals surface area contributed by atoms with Gasteiger partial charge in [0.05, 0.1) is 6.54 Å². The smallest absolute Gasteiger partial charge is 0.325 e. The number of amides is 3. The first-order valence-corrected chi connectivity index (χ1v) is 11.0. The molecule has 1 aromatic carbocycles. The molecule has 0 aliphatic carbocycles. The quantitative estimate of drug-likeness (QED) is 0.464. The Hall–Kier alpha value is -4.14. The Kier molecular flexibility index (Phi) is 5.11. The summed E-state index contributed by atoms with van der Waals surface area (Å²) in [7, 11) is 0. The number of nitrogens with one attached hydrogen (secondary N) is 1. The van der Waals surface area contributed by atoms with Crippen molar-refractivity contribution in [1.82, 2.24) is 19.8 Å². The molecule has 5 rings (SSSR count). The predicted octanol–water partition coefficient (Wildman–Crippen LogP) is 2.91. The van der Waals surface area contributed by atoms with Crippen molar-refractivity contribution in [2.24, 2.45) is 0 Å². The molecule has 1 saturated heterocycles. The SMILES string of the molecule is Cc1cc(C(=O)CN2C(=O)N[C@@](C)(c3ccc4c(c3)OCCO4)C2=O)c(C)n1-c1ccccn1. The minimum absolute atomic E-state index is 0.329. The summed E-state index contributed by atoms with van der Waals surface area (Å²) < 4.78 is 13.0. The van der Waals surface area contributed by atoms with Crippen molar-refractivity contribution in [3.63, 3.8) is 0 Å². The second kappa shape index (κ2) is 8.02. The van der Waals surface area contributed by atoms with Gasteiger partial charge in [-0.25, -0.2) is 9.78 Å². The van der Waals surface area contributed by atoms with Gasteiger partial charge in [0.15, 0.2) is 17.3 Å². The van der Waals surface area contributed by atoms with Gasteiger partial charge < -0.3 is 19.4 Å². The van der Waals surface area contributed by atoms with Crippen LogP contribution in [0.15, 0.2) is 48.7 Å². The van der Waals surface area contributed by atoms with Crippen molar-refractivity contribution >= 4 is 17.7 Å². The Morgan fingerprint density at radius 1 is 1.09 bits per heavy atom. The highest BCUT2D eigenvalue weighted by Gasteiger charge is 2.50. The van der Waals surface area contributed by atoms with Crippen molar-refractivity contribution in [3.05, 3.63) is 71.2 Å². The molecule has 0 bridgehead atoms. The summed E-state index contributed by atoms with van der Waals surface area (Å²) in [5.41, 5.74) is 1.20. The lowest BCUT2D eigenvalue weighted by molar-refractivity contribution is -0.130. The van der Waals surface area contributed by atoms with Crippen LogP contribution in [0.1, 0.15) is 34.2 Å². The van der Waals surface area contributed by atoms with Crippen LogP contribution in [-0.2, 0) is 10.3 Å². The summed E-state index contributed by atoms with van der Waals surface area (Å²) in [5.74, 6) is 0.971. The minimum atomic E-state index is -1.32. The fourth-order valence-corrected chi connectivity index (χ4v) is 4.50. The molecule has 0 saturated carbocycles. The van der Waals surface area contributed by atoms with E-state index in [-0.39, 0.29) is 12.3 Å². The van der Waals surface area contributed by atoms with Crippen LogP contribution >= 0.6 is 0 Å². The Morgan fingerprint density at radius 3 is 2.59 bits per heavy atom. The molecule has 2 aromatic heterocycles. The number of hydrogen-bond donors (Lipinski definition) is 1. The fraction of sp³-hybridized carbons (Fsp3) is 0.280. The number of rotatable bonds is 5. The van der Waals surface area contributed by atoms with E-state index in [2.05, 4.69) is 10.3 Å². The normalized spacial score (nSPS) is 19.3. The van der Waals surface area contributed by atoms with Crippen LogP contribution in [0, 0.1) is 13.8 Å². The average Bonchev–Trinajstić information content (AvgIpc) is 3.26. The number of pyridine rings is 1. The molecule has 1 fully saturated rings. The number of benzene rings is 1.